The van der Waals surface area contributed by atoms with Crippen LogP contribution in [0.25, 0.3) is 0 Å². The molecule has 0 radical (unpaired) electrons. The summed E-state index contributed by atoms with van der Waals surface area (Å²) in [6.07, 6.45) is 3.73. The van der Waals surface area contributed by atoms with E-state index in [1.807, 2.05) is 24.0 Å². The van der Waals surface area contributed by atoms with Gasteiger partial charge in [-0.15, -0.1) is 0 Å². The third-order valence-corrected chi connectivity index (χ3v) is 5.56. The molecule has 3 rings (SSSR count). The Morgan fingerprint density at radius 3 is 2.64 bits per heavy atom. The van der Waals surface area contributed by atoms with Gasteiger partial charge in [0, 0.05) is 30.9 Å². The van der Waals surface area contributed by atoms with E-state index >= 15 is 0 Å². The zero-order chi connectivity index (χ0) is 19.9. The summed E-state index contributed by atoms with van der Waals surface area (Å²) in [5, 5.41) is 7.26. The molecule has 1 atom stereocenters. The van der Waals surface area contributed by atoms with E-state index in [1.165, 1.54) is 5.56 Å². The van der Waals surface area contributed by atoms with Gasteiger partial charge in [-0.2, -0.15) is 0 Å². The second-order valence-electron chi connectivity index (χ2n) is 7.45. The van der Waals surface area contributed by atoms with Crippen LogP contribution in [0, 0.1) is 12.8 Å². The third-order valence-electron chi connectivity index (χ3n) is 5.31. The molecule has 148 valence electrons. The summed E-state index contributed by atoms with van der Waals surface area (Å²) in [5.41, 5.74) is 4.39. The van der Waals surface area contributed by atoms with Crippen molar-refractivity contribution in [2.75, 3.05) is 23.3 Å². The lowest BCUT2D eigenvalue weighted by Gasteiger charge is -2.20. The zero-order valence-electron chi connectivity index (χ0n) is 16.7. The Kier molecular flexibility index (Phi) is 7.04. The fourth-order valence-corrected chi connectivity index (χ4v) is 3.86. The molecule has 1 aliphatic rings. The largest absolute Gasteiger partial charge is 0.362 e. The van der Waals surface area contributed by atoms with E-state index in [-0.39, 0.29) is 5.91 Å². The first-order valence-electron chi connectivity index (χ1n) is 10.1. The van der Waals surface area contributed by atoms with Gasteiger partial charge in [-0.3, -0.25) is 4.79 Å². The number of hydrogen-bond acceptors (Lipinski definition) is 2. The van der Waals surface area contributed by atoms with E-state index in [2.05, 4.69) is 54.0 Å². The van der Waals surface area contributed by atoms with Crippen LogP contribution in [0.1, 0.15) is 37.3 Å². The van der Waals surface area contributed by atoms with Gasteiger partial charge >= 0.3 is 0 Å². The van der Waals surface area contributed by atoms with E-state index in [0.29, 0.717) is 17.5 Å². The Balaban J connectivity index is 1.52. The minimum Gasteiger partial charge on any atom is -0.362 e. The Labute approximate surface area is 173 Å². The molecule has 1 amide bonds. The van der Waals surface area contributed by atoms with Crippen molar-refractivity contribution in [3.63, 3.8) is 0 Å². The number of carbonyl (C=O) groups excluding carboxylic acids is 1. The average molecular weight is 396 g/mol. The molecule has 0 bridgehead atoms. The van der Waals surface area contributed by atoms with Crippen LogP contribution in [-0.2, 0) is 11.2 Å². The second kappa shape index (κ2) is 9.69. The molecule has 1 aliphatic heterocycles. The minimum absolute atomic E-state index is 0.213. The maximum absolute atomic E-state index is 12.0. The van der Waals surface area contributed by atoms with Crippen molar-refractivity contribution in [1.29, 1.82) is 0 Å². The fraction of sp³-hybridized carbons (Fsp3) is 0.391. The van der Waals surface area contributed by atoms with Crippen molar-refractivity contribution < 1.29 is 4.79 Å². The third kappa shape index (κ3) is 5.32. The molecule has 1 fully saturated rings. The summed E-state index contributed by atoms with van der Waals surface area (Å²) >= 11 is 5.48. The SMILES string of the molecule is CC[C@@H](CNC(=S)Nc1ccc(N2CCCC2=O)c(C)c1)Cc1ccccc1. The highest BCUT2D eigenvalue weighted by Crippen LogP contribution is 2.27. The van der Waals surface area contributed by atoms with Gasteiger partial charge in [0.25, 0.3) is 0 Å². The van der Waals surface area contributed by atoms with Gasteiger partial charge in [0.2, 0.25) is 5.91 Å². The van der Waals surface area contributed by atoms with Crippen LogP contribution in [-0.4, -0.2) is 24.1 Å². The molecule has 1 heterocycles. The van der Waals surface area contributed by atoms with Crippen molar-refractivity contribution in [1.82, 2.24) is 5.32 Å². The van der Waals surface area contributed by atoms with Gasteiger partial charge in [0.1, 0.15) is 0 Å². The molecule has 2 aromatic rings. The van der Waals surface area contributed by atoms with Crippen molar-refractivity contribution in [3.8, 4) is 0 Å². The molecule has 0 unspecified atom stereocenters. The number of amides is 1. The van der Waals surface area contributed by atoms with Crippen molar-refractivity contribution in [2.24, 2.45) is 5.92 Å². The lowest BCUT2D eigenvalue weighted by molar-refractivity contribution is -0.117. The van der Waals surface area contributed by atoms with Gasteiger partial charge in [0.15, 0.2) is 5.11 Å². The monoisotopic (exact) mass is 395 g/mol. The Bertz CT molecular complexity index is 822. The molecule has 1 saturated heterocycles. The molecular formula is C23H29N3OS. The number of carbonyl (C=O) groups is 1. The lowest BCUT2D eigenvalue weighted by atomic mass is 9.97. The molecule has 0 aromatic heterocycles. The van der Waals surface area contributed by atoms with Crippen LogP contribution >= 0.6 is 12.2 Å². The summed E-state index contributed by atoms with van der Waals surface area (Å²) in [6, 6.07) is 16.6. The summed E-state index contributed by atoms with van der Waals surface area (Å²) in [5.74, 6) is 0.748. The van der Waals surface area contributed by atoms with Gasteiger partial charge in [-0.25, -0.2) is 0 Å². The van der Waals surface area contributed by atoms with Gasteiger partial charge < -0.3 is 15.5 Å². The number of aryl methyl sites for hydroxylation is 1. The molecular weight excluding hydrogens is 366 g/mol. The molecule has 4 nitrogen and oxygen atoms in total. The van der Waals surface area contributed by atoms with Crippen molar-refractivity contribution in [3.05, 3.63) is 59.7 Å². The van der Waals surface area contributed by atoms with Crippen LogP contribution in [0.5, 0.6) is 0 Å². The van der Waals surface area contributed by atoms with Crippen LogP contribution in [0.15, 0.2) is 48.5 Å². The first kappa shape index (κ1) is 20.3. The highest BCUT2D eigenvalue weighted by molar-refractivity contribution is 7.80. The smallest absolute Gasteiger partial charge is 0.227 e. The summed E-state index contributed by atoms with van der Waals surface area (Å²) in [7, 11) is 0. The maximum Gasteiger partial charge on any atom is 0.227 e. The summed E-state index contributed by atoms with van der Waals surface area (Å²) < 4.78 is 0. The number of anilines is 2. The highest BCUT2D eigenvalue weighted by atomic mass is 32.1. The zero-order valence-corrected chi connectivity index (χ0v) is 17.5. The van der Waals surface area contributed by atoms with E-state index < -0.39 is 0 Å². The number of thiocarbonyl (C=S) groups is 1. The van der Waals surface area contributed by atoms with Crippen molar-refractivity contribution in [2.45, 2.75) is 39.5 Å². The van der Waals surface area contributed by atoms with Crippen molar-refractivity contribution >= 4 is 34.6 Å². The fourth-order valence-electron chi connectivity index (χ4n) is 3.66. The second-order valence-corrected chi connectivity index (χ2v) is 7.86. The Morgan fingerprint density at radius 1 is 1.21 bits per heavy atom. The molecule has 0 saturated carbocycles. The predicted octanol–water partition coefficient (Wildman–Crippen LogP) is 4.68. The molecule has 2 aromatic carbocycles. The highest BCUT2D eigenvalue weighted by Gasteiger charge is 2.22. The minimum atomic E-state index is 0.213. The van der Waals surface area contributed by atoms with E-state index in [0.717, 1.165) is 49.3 Å². The normalized spacial score (nSPS) is 14.8. The van der Waals surface area contributed by atoms with Gasteiger partial charge in [0.05, 0.1) is 0 Å². The first-order chi connectivity index (χ1) is 13.6. The van der Waals surface area contributed by atoms with Crippen LogP contribution in [0.2, 0.25) is 0 Å². The maximum atomic E-state index is 12.0. The molecule has 28 heavy (non-hydrogen) atoms. The van der Waals surface area contributed by atoms with E-state index in [1.54, 1.807) is 0 Å². The number of hydrogen-bond donors (Lipinski definition) is 2. The van der Waals surface area contributed by atoms with Crippen LogP contribution in [0.3, 0.4) is 0 Å². The van der Waals surface area contributed by atoms with E-state index in [9.17, 15) is 4.79 Å². The summed E-state index contributed by atoms with van der Waals surface area (Å²) in [6.45, 7) is 5.91. The van der Waals surface area contributed by atoms with Gasteiger partial charge in [-0.1, -0.05) is 43.7 Å². The number of rotatable bonds is 7. The predicted molar refractivity (Wildman–Crippen MR) is 121 cm³/mol. The first-order valence-corrected chi connectivity index (χ1v) is 10.5. The van der Waals surface area contributed by atoms with Gasteiger partial charge in [-0.05, 0) is 67.2 Å². The standard InChI is InChI=1S/C23H29N3OS/c1-3-18(15-19-8-5-4-6-9-19)16-24-23(28)25-20-11-12-21(17(2)14-20)26-13-7-10-22(26)27/h4-6,8-9,11-12,14,18H,3,7,10,13,15-16H2,1-2H3,(H2,24,25,28)/t18-/m1/s1. The average Bonchev–Trinajstić information content (AvgIpc) is 3.11. The Morgan fingerprint density at radius 2 is 2.00 bits per heavy atom. The topological polar surface area (TPSA) is 44.4 Å². The number of nitrogens with zero attached hydrogens (tertiary/aromatic N) is 1. The summed E-state index contributed by atoms with van der Waals surface area (Å²) in [4.78, 5) is 13.9. The number of benzene rings is 2. The molecule has 2 N–H and O–H groups in total. The quantitative estimate of drug-likeness (QED) is 0.668. The van der Waals surface area contributed by atoms with Crippen LogP contribution in [0.4, 0.5) is 11.4 Å². The molecule has 0 aliphatic carbocycles. The lowest BCUT2D eigenvalue weighted by Crippen LogP contribution is -2.33. The Hall–Kier alpha value is -2.40. The molecule has 5 heteroatoms. The molecule has 0 spiro atoms. The van der Waals surface area contributed by atoms with E-state index in [4.69, 9.17) is 12.2 Å². The number of nitrogens with one attached hydrogen (secondary N) is 2. The van der Waals surface area contributed by atoms with Crippen LogP contribution < -0.4 is 15.5 Å².